The van der Waals surface area contributed by atoms with Gasteiger partial charge in [-0.1, -0.05) is 23.7 Å². The van der Waals surface area contributed by atoms with Crippen LogP contribution in [0.2, 0.25) is 5.02 Å². The molecule has 0 saturated carbocycles. The van der Waals surface area contributed by atoms with Crippen molar-refractivity contribution in [3.05, 3.63) is 45.9 Å². The molecule has 0 spiro atoms. The van der Waals surface area contributed by atoms with Gasteiger partial charge in [-0.15, -0.1) is 0 Å². The number of carbonyl (C=O) groups is 2. The van der Waals surface area contributed by atoms with Gasteiger partial charge in [-0.25, -0.2) is 0 Å². The summed E-state index contributed by atoms with van der Waals surface area (Å²) in [5, 5.41) is 5.87. The van der Waals surface area contributed by atoms with E-state index in [9.17, 15) is 9.59 Å². The smallest absolute Gasteiger partial charge is 0.238 e. The van der Waals surface area contributed by atoms with Crippen LogP contribution < -0.4 is 20.1 Å². The van der Waals surface area contributed by atoms with E-state index in [0.29, 0.717) is 27.9 Å². The first-order valence-electron chi connectivity index (χ1n) is 8.28. The van der Waals surface area contributed by atoms with Gasteiger partial charge in [-0.2, -0.15) is 0 Å². The van der Waals surface area contributed by atoms with Crippen LogP contribution in [0.4, 0.5) is 11.4 Å². The highest BCUT2D eigenvalue weighted by Crippen LogP contribution is 2.35. The first kappa shape index (κ1) is 22.0. The molecule has 2 amide bonds. The lowest BCUT2D eigenvalue weighted by Gasteiger charge is -2.17. The van der Waals surface area contributed by atoms with E-state index in [2.05, 4.69) is 26.6 Å². The van der Waals surface area contributed by atoms with E-state index in [0.717, 1.165) is 4.47 Å². The Morgan fingerprint density at radius 3 is 2.14 bits per heavy atom. The number of halogens is 2. The standard InChI is InChI=1S/C19H21BrClN3O4/c1-24(10-18(25)22-14-7-5-4-6-12(14)20)11-19(26)23-15-8-13(21)16(27-2)9-17(15)28-3/h4-9H,10-11H2,1-3H3,(H,22,25)(H,23,26). The number of para-hydroxylation sites is 1. The van der Waals surface area contributed by atoms with Gasteiger partial charge in [0.05, 0.1) is 43.7 Å². The second-order valence-corrected chi connectivity index (χ2v) is 7.20. The normalized spacial score (nSPS) is 10.5. The minimum absolute atomic E-state index is 0.0101. The van der Waals surface area contributed by atoms with Crippen molar-refractivity contribution in [1.82, 2.24) is 4.90 Å². The maximum atomic E-state index is 12.3. The SMILES string of the molecule is COc1cc(OC)c(NC(=O)CN(C)CC(=O)Nc2ccccc2Br)cc1Cl. The van der Waals surface area contributed by atoms with Crippen LogP contribution in [0.25, 0.3) is 0 Å². The molecule has 0 atom stereocenters. The molecule has 28 heavy (non-hydrogen) atoms. The van der Waals surface area contributed by atoms with Gasteiger partial charge in [0.15, 0.2) is 0 Å². The van der Waals surface area contributed by atoms with Gasteiger partial charge in [-0.3, -0.25) is 14.5 Å². The molecule has 0 radical (unpaired) electrons. The molecule has 2 rings (SSSR count). The Balaban J connectivity index is 1.93. The average Bonchev–Trinajstić information content (AvgIpc) is 2.63. The molecule has 2 aromatic carbocycles. The number of methoxy groups -OCH3 is 2. The zero-order valence-electron chi connectivity index (χ0n) is 15.7. The van der Waals surface area contributed by atoms with Gasteiger partial charge in [0.25, 0.3) is 0 Å². The van der Waals surface area contributed by atoms with E-state index in [4.69, 9.17) is 21.1 Å². The number of hydrogen-bond acceptors (Lipinski definition) is 5. The molecule has 2 N–H and O–H groups in total. The van der Waals surface area contributed by atoms with Crippen LogP contribution in [0.5, 0.6) is 11.5 Å². The number of amides is 2. The highest BCUT2D eigenvalue weighted by molar-refractivity contribution is 9.10. The van der Waals surface area contributed by atoms with Crippen molar-refractivity contribution in [3.8, 4) is 11.5 Å². The quantitative estimate of drug-likeness (QED) is 0.616. The number of anilines is 2. The van der Waals surface area contributed by atoms with E-state index in [1.165, 1.54) is 14.2 Å². The number of nitrogens with one attached hydrogen (secondary N) is 2. The summed E-state index contributed by atoms with van der Waals surface area (Å²) in [6, 6.07) is 10.4. The second kappa shape index (κ2) is 10.3. The number of hydrogen-bond donors (Lipinski definition) is 2. The topological polar surface area (TPSA) is 79.9 Å². The second-order valence-electron chi connectivity index (χ2n) is 5.94. The van der Waals surface area contributed by atoms with Crippen LogP contribution in [0.15, 0.2) is 40.9 Å². The van der Waals surface area contributed by atoms with Gasteiger partial charge in [-0.05, 0) is 41.2 Å². The average molecular weight is 471 g/mol. The Morgan fingerprint density at radius 1 is 1.00 bits per heavy atom. The molecule has 2 aromatic rings. The van der Waals surface area contributed by atoms with Gasteiger partial charge < -0.3 is 20.1 Å². The van der Waals surface area contributed by atoms with E-state index in [1.807, 2.05) is 18.2 Å². The van der Waals surface area contributed by atoms with Crippen molar-refractivity contribution < 1.29 is 19.1 Å². The Morgan fingerprint density at radius 2 is 1.57 bits per heavy atom. The summed E-state index contributed by atoms with van der Waals surface area (Å²) in [6.07, 6.45) is 0. The van der Waals surface area contributed by atoms with Crippen molar-refractivity contribution in [2.45, 2.75) is 0 Å². The fourth-order valence-corrected chi connectivity index (χ4v) is 3.07. The number of carbonyl (C=O) groups excluding carboxylic acids is 2. The first-order valence-corrected chi connectivity index (χ1v) is 9.45. The lowest BCUT2D eigenvalue weighted by molar-refractivity contribution is -0.119. The summed E-state index contributed by atoms with van der Waals surface area (Å²) in [4.78, 5) is 26.1. The fraction of sp³-hybridized carbons (Fsp3) is 0.263. The van der Waals surface area contributed by atoms with Crippen LogP contribution in [0.1, 0.15) is 0 Å². The molecule has 0 aliphatic heterocycles. The van der Waals surface area contributed by atoms with Crippen LogP contribution in [0, 0.1) is 0 Å². The lowest BCUT2D eigenvalue weighted by atomic mass is 10.2. The van der Waals surface area contributed by atoms with Gasteiger partial charge in [0, 0.05) is 10.5 Å². The summed E-state index contributed by atoms with van der Waals surface area (Å²) in [6.45, 7) is 0.0610. The van der Waals surface area contributed by atoms with Gasteiger partial charge in [0.2, 0.25) is 11.8 Å². The highest BCUT2D eigenvalue weighted by Gasteiger charge is 2.15. The summed E-state index contributed by atoms with van der Waals surface area (Å²) < 4.78 is 11.2. The minimum atomic E-state index is -0.310. The highest BCUT2D eigenvalue weighted by atomic mass is 79.9. The monoisotopic (exact) mass is 469 g/mol. The zero-order valence-corrected chi connectivity index (χ0v) is 18.1. The lowest BCUT2D eigenvalue weighted by Crippen LogP contribution is -2.36. The largest absolute Gasteiger partial charge is 0.495 e. The van der Waals surface area contributed by atoms with Crippen molar-refractivity contribution in [2.75, 3.05) is 45.0 Å². The van der Waals surface area contributed by atoms with Gasteiger partial charge >= 0.3 is 0 Å². The van der Waals surface area contributed by atoms with E-state index in [1.54, 1.807) is 30.1 Å². The Hall–Kier alpha value is -2.29. The van der Waals surface area contributed by atoms with Crippen LogP contribution >= 0.6 is 27.5 Å². The molecule has 0 heterocycles. The molecule has 150 valence electrons. The molecule has 0 fully saturated rings. The van der Waals surface area contributed by atoms with Crippen LogP contribution in [-0.4, -0.2) is 51.1 Å². The van der Waals surface area contributed by atoms with Crippen molar-refractivity contribution >= 4 is 50.7 Å². The predicted molar refractivity (Wildman–Crippen MR) is 113 cm³/mol. The number of rotatable bonds is 8. The summed E-state index contributed by atoms with van der Waals surface area (Å²) in [5.74, 6) is 0.323. The Labute approximate surface area is 177 Å². The van der Waals surface area contributed by atoms with Gasteiger partial charge in [0.1, 0.15) is 11.5 Å². The number of benzene rings is 2. The Bertz CT molecular complexity index is 863. The molecule has 0 saturated heterocycles. The zero-order chi connectivity index (χ0) is 20.7. The number of ether oxygens (including phenoxy) is 2. The molecular formula is C19H21BrClN3O4. The molecule has 7 nitrogen and oxygen atoms in total. The minimum Gasteiger partial charge on any atom is -0.495 e. The maximum Gasteiger partial charge on any atom is 0.238 e. The fourth-order valence-electron chi connectivity index (χ4n) is 2.45. The number of likely N-dealkylation sites (N-methyl/N-ethyl adjacent to an activating group) is 1. The third-order valence-electron chi connectivity index (χ3n) is 3.72. The van der Waals surface area contributed by atoms with Crippen LogP contribution in [-0.2, 0) is 9.59 Å². The predicted octanol–water partition coefficient (Wildman–Crippen LogP) is 3.63. The van der Waals surface area contributed by atoms with E-state index >= 15 is 0 Å². The maximum absolute atomic E-state index is 12.3. The van der Waals surface area contributed by atoms with Crippen molar-refractivity contribution in [1.29, 1.82) is 0 Å². The Kier molecular flexibility index (Phi) is 8.10. The number of nitrogens with zero attached hydrogens (tertiary/aromatic N) is 1. The van der Waals surface area contributed by atoms with E-state index < -0.39 is 0 Å². The molecule has 0 unspecified atom stereocenters. The molecular weight excluding hydrogens is 450 g/mol. The summed E-state index contributed by atoms with van der Waals surface area (Å²) in [5.41, 5.74) is 1.09. The third-order valence-corrected chi connectivity index (χ3v) is 4.71. The van der Waals surface area contributed by atoms with Crippen molar-refractivity contribution in [3.63, 3.8) is 0 Å². The summed E-state index contributed by atoms with van der Waals surface area (Å²) >= 11 is 9.48. The van der Waals surface area contributed by atoms with Crippen LogP contribution in [0.3, 0.4) is 0 Å². The first-order chi connectivity index (χ1) is 13.3. The molecule has 0 aliphatic rings. The summed E-state index contributed by atoms with van der Waals surface area (Å²) in [7, 11) is 4.65. The van der Waals surface area contributed by atoms with E-state index in [-0.39, 0.29) is 24.9 Å². The molecule has 0 bridgehead atoms. The molecule has 9 heteroatoms. The molecule has 0 aromatic heterocycles. The third kappa shape index (κ3) is 6.12. The van der Waals surface area contributed by atoms with Crippen molar-refractivity contribution in [2.24, 2.45) is 0 Å². The molecule has 0 aliphatic carbocycles.